The van der Waals surface area contributed by atoms with Crippen molar-refractivity contribution in [1.82, 2.24) is 9.97 Å². The van der Waals surface area contributed by atoms with Crippen LogP contribution < -0.4 is 0 Å². The molecule has 0 radical (unpaired) electrons. The van der Waals surface area contributed by atoms with Crippen LogP contribution in [0.2, 0.25) is 0 Å². The zero-order valence-electron chi connectivity index (χ0n) is 11.9. The molecule has 0 unspecified atom stereocenters. The van der Waals surface area contributed by atoms with Crippen molar-refractivity contribution in [2.75, 3.05) is 0 Å². The standard InChI is InChI=1S/C15H12F3N3S/c1-9-13(7-19)14(21-10(2)20-9)22-8-11-3-5-12(6-4-11)15(16,17)18/h3-6H,8H2,1-2H3. The molecule has 3 nitrogen and oxygen atoms in total. The second kappa shape index (κ2) is 6.36. The van der Waals surface area contributed by atoms with Crippen LogP contribution >= 0.6 is 11.8 Å². The molecule has 0 saturated heterocycles. The molecule has 0 spiro atoms. The van der Waals surface area contributed by atoms with E-state index in [1.54, 1.807) is 13.8 Å². The Bertz CT molecular complexity index is 719. The summed E-state index contributed by atoms with van der Waals surface area (Å²) in [5.41, 5.74) is 1.07. The van der Waals surface area contributed by atoms with Gasteiger partial charge in [0.2, 0.25) is 0 Å². The van der Waals surface area contributed by atoms with Crippen molar-refractivity contribution in [2.45, 2.75) is 30.8 Å². The Balaban J connectivity index is 2.16. The normalized spacial score (nSPS) is 11.3. The SMILES string of the molecule is Cc1nc(C)c(C#N)c(SCc2ccc(C(F)(F)F)cc2)n1. The number of aromatic nitrogens is 2. The minimum Gasteiger partial charge on any atom is -0.237 e. The summed E-state index contributed by atoms with van der Waals surface area (Å²) in [6.07, 6.45) is -4.33. The molecule has 114 valence electrons. The van der Waals surface area contributed by atoms with Crippen molar-refractivity contribution in [3.63, 3.8) is 0 Å². The molecule has 2 rings (SSSR count). The largest absolute Gasteiger partial charge is 0.416 e. The van der Waals surface area contributed by atoms with Crippen LogP contribution in [0.15, 0.2) is 29.3 Å². The molecule has 0 fully saturated rings. The number of alkyl halides is 3. The first-order valence-electron chi connectivity index (χ1n) is 6.35. The average molecular weight is 323 g/mol. The fraction of sp³-hybridized carbons (Fsp3) is 0.267. The van der Waals surface area contributed by atoms with E-state index in [4.69, 9.17) is 5.26 Å². The van der Waals surface area contributed by atoms with Crippen molar-refractivity contribution in [3.05, 3.63) is 52.5 Å². The molecule has 0 bridgehead atoms. The van der Waals surface area contributed by atoms with Gasteiger partial charge < -0.3 is 0 Å². The van der Waals surface area contributed by atoms with Gasteiger partial charge in [-0.15, -0.1) is 11.8 Å². The van der Waals surface area contributed by atoms with E-state index in [2.05, 4.69) is 16.0 Å². The van der Waals surface area contributed by atoms with Crippen molar-refractivity contribution in [1.29, 1.82) is 5.26 Å². The zero-order valence-corrected chi connectivity index (χ0v) is 12.7. The number of thioether (sulfide) groups is 1. The third-order valence-electron chi connectivity index (χ3n) is 2.94. The number of nitriles is 1. The van der Waals surface area contributed by atoms with E-state index in [-0.39, 0.29) is 0 Å². The molecule has 0 saturated carbocycles. The fourth-order valence-electron chi connectivity index (χ4n) is 1.86. The summed E-state index contributed by atoms with van der Waals surface area (Å²) < 4.78 is 37.5. The molecular formula is C15H12F3N3S. The highest BCUT2D eigenvalue weighted by Crippen LogP contribution is 2.30. The van der Waals surface area contributed by atoms with Crippen LogP contribution in [0.4, 0.5) is 13.2 Å². The van der Waals surface area contributed by atoms with Gasteiger partial charge in [-0.3, -0.25) is 0 Å². The third-order valence-corrected chi connectivity index (χ3v) is 3.98. The van der Waals surface area contributed by atoms with Crippen LogP contribution in [-0.4, -0.2) is 9.97 Å². The molecule has 0 aliphatic heterocycles. The second-order valence-electron chi connectivity index (χ2n) is 4.63. The average Bonchev–Trinajstić information content (AvgIpc) is 2.44. The maximum Gasteiger partial charge on any atom is 0.416 e. The van der Waals surface area contributed by atoms with Crippen molar-refractivity contribution < 1.29 is 13.2 Å². The van der Waals surface area contributed by atoms with Crippen LogP contribution in [0.3, 0.4) is 0 Å². The van der Waals surface area contributed by atoms with Crippen molar-refractivity contribution >= 4 is 11.8 Å². The maximum absolute atomic E-state index is 12.5. The molecule has 7 heteroatoms. The van der Waals surface area contributed by atoms with Gasteiger partial charge in [0.15, 0.2) is 0 Å². The highest BCUT2D eigenvalue weighted by molar-refractivity contribution is 7.98. The first-order chi connectivity index (χ1) is 10.3. The predicted molar refractivity (Wildman–Crippen MR) is 77.2 cm³/mol. The second-order valence-corrected chi connectivity index (χ2v) is 5.60. The Hall–Kier alpha value is -2.07. The number of benzene rings is 1. The molecule has 22 heavy (non-hydrogen) atoms. The van der Waals surface area contributed by atoms with Crippen molar-refractivity contribution in [2.24, 2.45) is 0 Å². The fourth-order valence-corrected chi connectivity index (χ4v) is 2.89. The lowest BCUT2D eigenvalue weighted by molar-refractivity contribution is -0.137. The van der Waals surface area contributed by atoms with Gasteiger partial charge in [0.05, 0.1) is 11.3 Å². The Morgan fingerprint density at radius 2 is 1.77 bits per heavy atom. The summed E-state index contributed by atoms with van der Waals surface area (Å²) in [7, 11) is 0. The molecule has 1 heterocycles. The lowest BCUT2D eigenvalue weighted by Crippen LogP contribution is -2.04. The predicted octanol–water partition coefficient (Wildman–Crippen LogP) is 4.28. The molecular weight excluding hydrogens is 311 g/mol. The van der Waals surface area contributed by atoms with E-state index >= 15 is 0 Å². The molecule has 0 aliphatic carbocycles. The number of aryl methyl sites for hydroxylation is 2. The minimum atomic E-state index is -4.33. The summed E-state index contributed by atoms with van der Waals surface area (Å²) in [4.78, 5) is 8.35. The first kappa shape index (κ1) is 16.3. The molecule has 0 N–H and O–H groups in total. The van der Waals surface area contributed by atoms with Crippen LogP contribution in [0.25, 0.3) is 0 Å². The first-order valence-corrected chi connectivity index (χ1v) is 7.34. The van der Waals surface area contributed by atoms with Gasteiger partial charge in [0, 0.05) is 5.75 Å². The molecule has 0 atom stereocenters. The van der Waals surface area contributed by atoms with Crippen molar-refractivity contribution in [3.8, 4) is 6.07 Å². The number of halogens is 3. The van der Waals surface area contributed by atoms with Gasteiger partial charge in [-0.25, -0.2) is 9.97 Å². The van der Waals surface area contributed by atoms with E-state index in [0.717, 1.165) is 17.7 Å². The number of rotatable bonds is 3. The van der Waals surface area contributed by atoms with Gasteiger partial charge in [-0.05, 0) is 31.5 Å². The quantitative estimate of drug-likeness (QED) is 0.625. The maximum atomic E-state index is 12.5. The minimum absolute atomic E-state index is 0.405. The summed E-state index contributed by atoms with van der Waals surface area (Å²) in [6.45, 7) is 3.46. The van der Waals surface area contributed by atoms with E-state index in [1.165, 1.54) is 23.9 Å². The van der Waals surface area contributed by atoms with Crippen LogP contribution in [0.1, 0.15) is 28.2 Å². The monoisotopic (exact) mass is 323 g/mol. The zero-order chi connectivity index (χ0) is 16.3. The summed E-state index contributed by atoms with van der Waals surface area (Å²) >= 11 is 1.31. The number of hydrogen-bond acceptors (Lipinski definition) is 4. The number of nitrogens with zero attached hydrogens (tertiary/aromatic N) is 3. The molecule has 2 aromatic rings. The van der Waals surface area contributed by atoms with E-state index in [9.17, 15) is 13.2 Å². The van der Waals surface area contributed by atoms with Crippen LogP contribution in [0, 0.1) is 25.2 Å². The van der Waals surface area contributed by atoms with Crippen LogP contribution in [-0.2, 0) is 11.9 Å². The Morgan fingerprint density at radius 3 is 2.32 bits per heavy atom. The third kappa shape index (κ3) is 3.77. The Morgan fingerprint density at radius 1 is 1.14 bits per heavy atom. The summed E-state index contributed by atoms with van der Waals surface area (Å²) in [6, 6.07) is 7.03. The van der Waals surface area contributed by atoms with Crippen LogP contribution in [0.5, 0.6) is 0 Å². The smallest absolute Gasteiger partial charge is 0.237 e. The molecule has 0 amide bonds. The highest BCUT2D eigenvalue weighted by Gasteiger charge is 2.29. The molecule has 1 aromatic carbocycles. The van der Waals surface area contributed by atoms with E-state index in [0.29, 0.717) is 27.9 Å². The summed E-state index contributed by atoms with van der Waals surface area (Å²) in [5, 5.41) is 9.69. The summed E-state index contributed by atoms with van der Waals surface area (Å²) in [5.74, 6) is 0.995. The Kier molecular flexibility index (Phi) is 4.71. The molecule has 0 aliphatic rings. The van der Waals surface area contributed by atoms with Gasteiger partial charge >= 0.3 is 6.18 Å². The van der Waals surface area contributed by atoms with Gasteiger partial charge in [-0.1, -0.05) is 12.1 Å². The van der Waals surface area contributed by atoms with Gasteiger partial charge in [-0.2, -0.15) is 18.4 Å². The number of hydrogen-bond donors (Lipinski definition) is 0. The Labute approximate surface area is 130 Å². The lowest BCUT2D eigenvalue weighted by Gasteiger charge is -2.08. The van der Waals surface area contributed by atoms with Gasteiger partial charge in [0.1, 0.15) is 22.5 Å². The highest BCUT2D eigenvalue weighted by atomic mass is 32.2. The van der Waals surface area contributed by atoms with Gasteiger partial charge in [0.25, 0.3) is 0 Å². The lowest BCUT2D eigenvalue weighted by atomic mass is 10.1. The van der Waals surface area contributed by atoms with E-state index in [1.807, 2.05) is 0 Å². The topological polar surface area (TPSA) is 49.6 Å². The van der Waals surface area contributed by atoms with E-state index < -0.39 is 11.7 Å². The molecule has 1 aromatic heterocycles.